The highest BCUT2D eigenvalue weighted by atomic mass is 16.6. The number of hydrogen-bond acceptors (Lipinski definition) is 7. The Kier molecular flexibility index (Phi) is 12.6. The first-order chi connectivity index (χ1) is 10.0. The molecule has 0 amide bonds. The average Bonchev–Trinajstić information content (AvgIpc) is 2.50. The predicted molar refractivity (Wildman–Crippen MR) is 78.1 cm³/mol. The molecule has 0 aliphatic heterocycles. The Morgan fingerprint density at radius 1 is 1.00 bits per heavy atom. The molecule has 0 aromatic heterocycles. The van der Waals surface area contributed by atoms with Crippen molar-refractivity contribution in [1.82, 2.24) is 5.48 Å². The van der Waals surface area contributed by atoms with Crippen LogP contribution in [0.5, 0.6) is 0 Å². The Morgan fingerprint density at radius 2 is 1.67 bits per heavy atom. The molecule has 0 aromatic carbocycles. The van der Waals surface area contributed by atoms with Gasteiger partial charge in [0, 0.05) is 6.20 Å². The third-order valence-corrected chi connectivity index (χ3v) is 3.07. The molecule has 0 unspecified atom stereocenters. The first-order valence-electron chi connectivity index (χ1n) is 7.40. The molecule has 7 heteroatoms. The molecule has 0 fully saturated rings. The fourth-order valence-corrected chi connectivity index (χ4v) is 1.66. The number of unbranched alkanes of at least 4 members (excludes halogenated alkanes) is 4. The molecule has 0 rings (SSSR count). The van der Waals surface area contributed by atoms with Gasteiger partial charge in [0.05, 0.1) is 6.61 Å². The maximum absolute atomic E-state index is 9.54. The van der Waals surface area contributed by atoms with Crippen LogP contribution in [0.25, 0.3) is 0 Å². The Hall–Kier alpha value is -0.700. The maximum Gasteiger partial charge on any atom is 0.111 e. The molecule has 0 bridgehead atoms. The van der Waals surface area contributed by atoms with Gasteiger partial charge in [0.15, 0.2) is 0 Å². The second-order valence-corrected chi connectivity index (χ2v) is 4.98. The van der Waals surface area contributed by atoms with E-state index in [2.05, 4.69) is 12.4 Å². The summed E-state index contributed by atoms with van der Waals surface area (Å²) in [6, 6.07) is 0. The molecule has 21 heavy (non-hydrogen) atoms. The zero-order chi connectivity index (χ0) is 16.1. The molecule has 0 saturated carbocycles. The average molecular weight is 307 g/mol. The van der Waals surface area contributed by atoms with Gasteiger partial charge < -0.3 is 25.5 Å². The van der Waals surface area contributed by atoms with Crippen molar-refractivity contribution in [2.24, 2.45) is 0 Å². The second kappa shape index (κ2) is 13.0. The summed E-state index contributed by atoms with van der Waals surface area (Å²) in [5.74, 6) is 0. The highest BCUT2D eigenvalue weighted by molar-refractivity contribution is 4.81. The summed E-state index contributed by atoms with van der Waals surface area (Å²) in [5.41, 5.74) is 2.50. The van der Waals surface area contributed by atoms with Crippen LogP contribution >= 0.6 is 0 Å². The monoisotopic (exact) mass is 307 g/mol. The van der Waals surface area contributed by atoms with Gasteiger partial charge in [-0.3, -0.25) is 10.3 Å². The molecule has 0 radical (unpaired) electrons. The Bertz CT molecular complexity index is 264. The van der Waals surface area contributed by atoms with E-state index in [0.717, 1.165) is 12.8 Å². The van der Waals surface area contributed by atoms with E-state index >= 15 is 0 Å². The number of aliphatic hydroxyl groups is 5. The van der Waals surface area contributed by atoms with Crippen LogP contribution in [0, 0.1) is 0 Å². The molecule has 0 aliphatic carbocycles. The van der Waals surface area contributed by atoms with Crippen LogP contribution in [0.15, 0.2) is 12.3 Å². The SMILES string of the molecule is CCCCCCC=CNOC[C@H](O)[C@@H](O)[C@H](O)[C@H](O)CO. The van der Waals surface area contributed by atoms with E-state index in [1.165, 1.54) is 19.3 Å². The van der Waals surface area contributed by atoms with Crippen LogP contribution in [0.1, 0.15) is 39.0 Å². The number of rotatable bonds is 13. The van der Waals surface area contributed by atoms with Crippen LogP contribution in [-0.4, -0.2) is 63.2 Å². The second-order valence-electron chi connectivity index (χ2n) is 4.98. The molecule has 0 aromatic rings. The number of aliphatic hydroxyl groups excluding tert-OH is 5. The van der Waals surface area contributed by atoms with Crippen molar-refractivity contribution in [3.05, 3.63) is 12.3 Å². The zero-order valence-corrected chi connectivity index (χ0v) is 12.6. The fraction of sp³-hybridized carbons (Fsp3) is 0.857. The predicted octanol–water partition coefficient (Wildman–Crippen LogP) is -0.572. The van der Waals surface area contributed by atoms with Gasteiger partial charge in [-0.1, -0.05) is 32.3 Å². The van der Waals surface area contributed by atoms with Crippen molar-refractivity contribution in [3.8, 4) is 0 Å². The van der Waals surface area contributed by atoms with Crippen LogP contribution in [0.2, 0.25) is 0 Å². The molecule has 0 spiro atoms. The zero-order valence-electron chi connectivity index (χ0n) is 12.6. The standard InChI is InChI=1S/C14H29NO6/c1-2-3-4-5-6-7-8-15-21-10-12(18)14(20)13(19)11(17)9-16/h7-8,11-20H,2-6,9-10H2,1H3/t11-,12+,13-,14-/m1/s1. The lowest BCUT2D eigenvalue weighted by Gasteiger charge is -2.25. The van der Waals surface area contributed by atoms with Gasteiger partial charge in [-0.05, 0) is 12.8 Å². The van der Waals surface area contributed by atoms with Crippen LogP contribution in [0.4, 0.5) is 0 Å². The van der Waals surface area contributed by atoms with Crippen molar-refractivity contribution in [1.29, 1.82) is 0 Å². The minimum atomic E-state index is -1.64. The summed E-state index contributed by atoms with van der Waals surface area (Å²) in [6.45, 7) is 1.18. The summed E-state index contributed by atoms with van der Waals surface area (Å²) in [7, 11) is 0. The number of allylic oxidation sites excluding steroid dienone is 1. The van der Waals surface area contributed by atoms with Crippen LogP contribution in [0.3, 0.4) is 0 Å². The fourth-order valence-electron chi connectivity index (χ4n) is 1.66. The minimum Gasteiger partial charge on any atom is -0.394 e. The third kappa shape index (κ3) is 9.78. The largest absolute Gasteiger partial charge is 0.394 e. The van der Waals surface area contributed by atoms with Gasteiger partial charge in [-0.15, -0.1) is 0 Å². The van der Waals surface area contributed by atoms with Gasteiger partial charge in [0.25, 0.3) is 0 Å². The normalized spacial score (nSPS) is 17.6. The molecule has 7 nitrogen and oxygen atoms in total. The van der Waals surface area contributed by atoms with E-state index in [4.69, 9.17) is 15.1 Å². The topological polar surface area (TPSA) is 122 Å². The summed E-state index contributed by atoms with van der Waals surface area (Å²) >= 11 is 0. The highest BCUT2D eigenvalue weighted by Crippen LogP contribution is 2.05. The van der Waals surface area contributed by atoms with Gasteiger partial charge in [-0.25, -0.2) is 0 Å². The summed E-state index contributed by atoms with van der Waals surface area (Å²) < 4.78 is 0. The Morgan fingerprint density at radius 3 is 2.29 bits per heavy atom. The lowest BCUT2D eigenvalue weighted by Crippen LogP contribution is -2.47. The third-order valence-electron chi connectivity index (χ3n) is 3.07. The number of nitrogens with one attached hydrogen (secondary N) is 1. The number of hydrogen-bond donors (Lipinski definition) is 6. The van der Waals surface area contributed by atoms with E-state index in [1.807, 2.05) is 6.08 Å². The van der Waals surface area contributed by atoms with E-state index in [0.29, 0.717) is 0 Å². The maximum atomic E-state index is 9.54. The smallest absolute Gasteiger partial charge is 0.111 e. The molecule has 0 saturated heterocycles. The summed E-state index contributed by atoms with van der Waals surface area (Å²) in [4.78, 5) is 4.91. The first-order valence-corrected chi connectivity index (χ1v) is 7.40. The summed E-state index contributed by atoms with van der Waals surface area (Å²) in [5, 5.41) is 46.2. The van der Waals surface area contributed by atoms with Crippen molar-refractivity contribution >= 4 is 0 Å². The van der Waals surface area contributed by atoms with Gasteiger partial charge in [0.1, 0.15) is 31.0 Å². The molecular formula is C14H29NO6. The van der Waals surface area contributed by atoms with Crippen molar-refractivity contribution in [2.45, 2.75) is 63.4 Å². The summed E-state index contributed by atoms with van der Waals surface area (Å²) in [6.07, 6.45) is 3.03. The lowest BCUT2D eigenvalue weighted by atomic mass is 10.0. The van der Waals surface area contributed by atoms with Crippen molar-refractivity contribution in [2.75, 3.05) is 13.2 Å². The van der Waals surface area contributed by atoms with Crippen LogP contribution < -0.4 is 5.48 Å². The number of hydroxylamine groups is 1. The molecular weight excluding hydrogens is 278 g/mol. The Labute approximate surface area is 125 Å². The highest BCUT2D eigenvalue weighted by Gasteiger charge is 2.30. The molecule has 0 aliphatic rings. The van der Waals surface area contributed by atoms with Crippen molar-refractivity contribution < 1.29 is 30.4 Å². The molecule has 6 N–H and O–H groups in total. The Balaban J connectivity index is 3.69. The lowest BCUT2D eigenvalue weighted by molar-refractivity contribution is -0.134. The molecule has 0 heterocycles. The van der Waals surface area contributed by atoms with Gasteiger partial charge in [-0.2, -0.15) is 0 Å². The van der Waals surface area contributed by atoms with E-state index in [1.54, 1.807) is 6.20 Å². The van der Waals surface area contributed by atoms with Gasteiger partial charge in [0.2, 0.25) is 0 Å². The molecule has 4 atom stereocenters. The quantitative estimate of drug-likeness (QED) is 0.199. The van der Waals surface area contributed by atoms with E-state index in [-0.39, 0.29) is 6.61 Å². The van der Waals surface area contributed by atoms with Crippen LogP contribution in [-0.2, 0) is 4.84 Å². The minimum absolute atomic E-state index is 0.267. The van der Waals surface area contributed by atoms with E-state index < -0.39 is 31.0 Å². The first kappa shape index (κ1) is 20.3. The molecule has 126 valence electrons. The van der Waals surface area contributed by atoms with E-state index in [9.17, 15) is 15.3 Å². The van der Waals surface area contributed by atoms with Crippen molar-refractivity contribution in [3.63, 3.8) is 0 Å². The van der Waals surface area contributed by atoms with Gasteiger partial charge >= 0.3 is 0 Å².